The third kappa shape index (κ3) is 3.25. The molecule has 1 aromatic heterocycles. The van der Waals surface area contributed by atoms with E-state index in [0.29, 0.717) is 11.1 Å². The standard InChI is InChI=1S/C16H10F4N.ClH/c17-13-5-6-14-11(9-21-15(14)8-13)7-10-1-3-12(4-2-10)16(18,19)20;/h1-9,21H;1H. The minimum Gasteiger partial charge on any atom is -0.361 e. The van der Waals surface area contributed by atoms with Gasteiger partial charge in [-0.25, -0.2) is 4.39 Å². The molecule has 0 saturated heterocycles. The van der Waals surface area contributed by atoms with Gasteiger partial charge in [0.25, 0.3) is 0 Å². The van der Waals surface area contributed by atoms with E-state index in [2.05, 4.69) is 4.98 Å². The van der Waals surface area contributed by atoms with Crippen molar-refractivity contribution in [2.75, 3.05) is 0 Å². The Balaban J connectivity index is 0.00000176. The van der Waals surface area contributed by atoms with Crippen LogP contribution in [-0.4, -0.2) is 4.98 Å². The molecule has 0 spiro atoms. The van der Waals surface area contributed by atoms with E-state index in [1.165, 1.54) is 24.3 Å². The van der Waals surface area contributed by atoms with Gasteiger partial charge in [-0.05, 0) is 41.5 Å². The lowest BCUT2D eigenvalue weighted by atomic mass is 10.0. The van der Waals surface area contributed by atoms with Crippen molar-refractivity contribution in [2.24, 2.45) is 0 Å². The molecule has 0 unspecified atom stereocenters. The number of benzene rings is 2. The van der Waals surface area contributed by atoms with Crippen molar-refractivity contribution in [3.05, 3.63) is 77.6 Å². The van der Waals surface area contributed by atoms with Crippen LogP contribution in [0.3, 0.4) is 0 Å². The van der Waals surface area contributed by atoms with Gasteiger partial charge < -0.3 is 4.98 Å². The van der Waals surface area contributed by atoms with Gasteiger partial charge in [-0.1, -0.05) is 12.1 Å². The third-order valence-corrected chi connectivity index (χ3v) is 3.24. The molecule has 115 valence electrons. The maximum absolute atomic E-state index is 13.1. The van der Waals surface area contributed by atoms with Crippen molar-refractivity contribution in [1.82, 2.24) is 4.98 Å². The molecule has 22 heavy (non-hydrogen) atoms. The number of halogens is 5. The van der Waals surface area contributed by atoms with Gasteiger partial charge in [0, 0.05) is 23.5 Å². The third-order valence-electron chi connectivity index (χ3n) is 3.24. The van der Waals surface area contributed by atoms with Gasteiger partial charge in [-0.15, -0.1) is 12.4 Å². The molecule has 0 aliphatic carbocycles. The molecular weight excluding hydrogens is 318 g/mol. The van der Waals surface area contributed by atoms with Crippen LogP contribution in [0.5, 0.6) is 0 Å². The molecule has 0 saturated carbocycles. The number of aromatic nitrogens is 1. The van der Waals surface area contributed by atoms with E-state index in [-0.39, 0.29) is 18.2 Å². The Morgan fingerprint density at radius 2 is 1.64 bits per heavy atom. The molecular formula is C16H11ClF4N. The van der Waals surface area contributed by atoms with Crippen LogP contribution in [-0.2, 0) is 6.18 Å². The van der Waals surface area contributed by atoms with E-state index in [1.54, 1.807) is 18.7 Å². The number of rotatable bonds is 2. The summed E-state index contributed by atoms with van der Waals surface area (Å²) in [5.41, 5.74) is 1.41. The van der Waals surface area contributed by atoms with E-state index in [0.717, 1.165) is 23.1 Å². The fourth-order valence-electron chi connectivity index (χ4n) is 2.19. The predicted octanol–water partition coefficient (Wildman–Crippen LogP) is 5.35. The molecule has 1 radical (unpaired) electrons. The van der Waals surface area contributed by atoms with Crippen molar-refractivity contribution < 1.29 is 17.6 Å². The minimum absolute atomic E-state index is 0. The molecule has 0 bridgehead atoms. The molecule has 1 nitrogen and oxygen atoms in total. The number of nitrogens with one attached hydrogen (secondary N) is 1. The van der Waals surface area contributed by atoms with Gasteiger partial charge in [0.1, 0.15) is 5.82 Å². The lowest BCUT2D eigenvalue weighted by molar-refractivity contribution is -0.137. The molecule has 0 atom stereocenters. The highest BCUT2D eigenvalue weighted by Gasteiger charge is 2.29. The van der Waals surface area contributed by atoms with Crippen molar-refractivity contribution in [2.45, 2.75) is 6.18 Å². The zero-order valence-corrected chi connectivity index (χ0v) is 11.9. The molecule has 6 heteroatoms. The zero-order chi connectivity index (χ0) is 15.0. The normalized spacial score (nSPS) is 11.5. The second-order valence-electron chi connectivity index (χ2n) is 4.70. The molecule has 0 aliphatic heterocycles. The van der Waals surface area contributed by atoms with Crippen LogP contribution in [0.1, 0.15) is 16.7 Å². The lowest BCUT2D eigenvalue weighted by Gasteiger charge is -2.07. The van der Waals surface area contributed by atoms with Crippen LogP contribution in [0.25, 0.3) is 10.9 Å². The first-order valence-corrected chi connectivity index (χ1v) is 6.22. The van der Waals surface area contributed by atoms with E-state index in [4.69, 9.17) is 0 Å². The van der Waals surface area contributed by atoms with Crippen LogP contribution in [0, 0.1) is 12.2 Å². The van der Waals surface area contributed by atoms with Crippen molar-refractivity contribution in [3.8, 4) is 0 Å². The first kappa shape index (κ1) is 16.4. The van der Waals surface area contributed by atoms with Crippen LogP contribution in [0.15, 0.2) is 48.7 Å². The van der Waals surface area contributed by atoms with E-state index in [9.17, 15) is 17.6 Å². The number of alkyl halides is 3. The smallest absolute Gasteiger partial charge is 0.361 e. The molecule has 0 amide bonds. The zero-order valence-electron chi connectivity index (χ0n) is 11.1. The summed E-state index contributed by atoms with van der Waals surface area (Å²) in [5, 5.41) is 0.816. The number of hydrogen-bond acceptors (Lipinski definition) is 0. The SMILES string of the molecule is Cl.Fc1ccc2c([CH]c3ccc(C(F)(F)F)cc3)c[nH]c2c1. The first-order valence-electron chi connectivity index (χ1n) is 6.22. The first-order chi connectivity index (χ1) is 9.93. The quantitative estimate of drug-likeness (QED) is 0.610. The number of H-pyrrole nitrogens is 1. The summed E-state index contributed by atoms with van der Waals surface area (Å²) in [4.78, 5) is 2.93. The molecule has 0 aliphatic rings. The van der Waals surface area contributed by atoms with Gasteiger partial charge in [-0.3, -0.25) is 0 Å². The summed E-state index contributed by atoms with van der Waals surface area (Å²) in [6.07, 6.45) is -0.893. The maximum atomic E-state index is 13.1. The summed E-state index contributed by atoms with van der Waals surface area (Å²) in [5.74, 6) is -0.342. The summed E-state index contributed by atoms with van der Waals surface area (Å²) >= 11 is 0. The fourth-order valence-corrected chi connectivity index (χ4v) is 2.19. The topological polar surface area (TPSA) is 15.8 Å². The number of aromatic amines is 1. The van der Waals surface area contributed by atoms with Gasteiger partial charge in [0.05, 0.1) is 5.56 Å². The Labute approximate surface area is 130 Å². The van der Waals surface area contributed by atoms with Gasteiger partial charge >= 0.3 is 6.18 Å². The summed E-state index contributed by atoms with van der Waals surface area (Å²) in [6, 6.07) is 9.26. The van der Waals surface area contributed by atoms with Crippen molar-refractivity contribution in [3.63, 3.8) is 0 Å². The molecule has 3 aromatic rings. The summed E-state index contributed by atoms with van der Waals surface area (Å²) in [6.45, 7) is 0. The number of fused-ring (bicyclic) bond motifs is 1. The Kier molecular flexibility index (Phi) is 4.47. The minimum atomic E-state index is -4.34. The van der Waals surface area contributed by atoms with E-state index >= 15 is 0 Å². The summed E-state index contributed by atoms with van der Waals surface area (Å²) < 4.78 is 50.6. The second-order valence-corrected chi connectivity index (χ2v) is 4.70. The molecule has 1 heterocycles. The molecule has 2 aromatic carbocycles. The van der Waals surface area contributed by atoms with Gasteiger partial charge in [-0.2, -0.15) is 13.2 Å². The highest BCUT2D eigenvalue weighted by atomic mass is 35.5. The van der Waals surface area contributed by atoms with Crippen LogP contribution in [0.4, 0.5) is 17.6 Å². The van der Waals surface area contributed by atoms with E-state index in [1.807, 2.05) is 0 Å². The summed E-state index contributed by atoms with van der Waals surface area (Å²) in [7, 11) is 0. The highest BCUT2D eigenvalue weighted by molar-refractivity contribution is 5.85. The van der Waals surface area contributed by atoms with E-state index < -0.39 is 11.7 Å². The Bertz CT molecular complexity index is 775. The molecule has 0 fully saturated rings. The number of hydrogen-bond donors (Lipinski definition) is 1. The highest BCUT2D eigenvalue weighted by Crippen LogP contribution is 2.30. The monoisotopic (exact) mass is 328 g/mol. The van der Waals surface area contributed by atoms with Crippen LogP contribution < -0.4 is 0 Å². The maximum Gasteiger partial charge on any atom is 0.416 e. The Morgan fingerprint density at radius 1 is 0.955 bits per heavy atom. The van der Waals surface area contributed by atoms with Crippen molar-refractivity contribution in [1.29, 1.82) is 0 Å². The molecule has 3 rings (SSSR count). The Morgan fingerprint density at radius 3 is 2.27 bits per heavy atom. The lowest BCUT2D eigenvalue weighted by Crippen LogP contribution is -2.04. The van der Waals surface area contributed by atoms with Gasteiger partial charge in [0.2, 0.25) is 0 Å². The Hall–Kier alpha value is -2.01. The van der Waals surface area contributed by atoms with Gasteiger partial charge in [0.15, 0.2) is 0 Å². The largest absolute Gasteiger partial charge is 0.416 e. The van der Waals surface area contributed by atoms with Crippen LogP contribution in [0.2, 0.25) is 0 Å². The average Bonchev–Trinajstić information content (AvgIpc) is 2.80. The molecule has 1 N–H and O–H groups in total. The average molecular weight is 329 g/mol. The second kappa shape index (κ2) is 6.01. The van der Waals surface area contributed by atoms with Crippen molar-refractivity contribution >= 4 is 23.3 Å². The predicted molar refractivity (Wildman–Crippen MR) is 79.5 cm³/mol. The van der Waals surface area contributed by atoms with Crippen LogP contribution >= 0.6 is 12.4 Å². The fraction of sp³-hybridized carbons (Fsp3) is 0.0625.